The maximum Gasteiger partial charge on any atom is 0.243 e. The van der Waals surface area contributed by atoms with Crippen LogP contribution in [0.5, 0.6) is 0 Å². The summed E-state index contributed by atoms with van der Waals surface area (Å²) in [5.41, 5.74) is 1.85. The van der Waals surface area contributed by atoms with E-state index in [4.69, 9.17) is 16.0 Å². The van der Waals surface area contributed by atoms with Crippen LogP contribution in [0, 0.1) is 0 Å². The Bertz CT molecular complexity index is 1150. The van der Waals surface area contributed by atoms with Gasteiger partial charge in [-0.3, -0.25) is 0 Å². The van der Waals surface area contributed by atoms with Gasteiger partial charge in [0.1, 0.15) is 0 Å². The second-order valence-electron chi connectivity index (χ2n) is 7.73. The van der Waals surface area contributed by atoms with Gasteiger partial charge in [0.2, 0.25) is 10.0 Å². The van der Waals surface area contributed by atoms with Crippen LogP contribution in [0.4, 0.5) is 5.69 Å². The van der Waals surface area contributed by atoms with E-state index < -0.39 is 10.0 Å². The van der Waals surface area contributed by atoms with Gasteiger partial charge in [-0.25, -0.2) is 13.4 Å². The number of sulfonamides is 1. The minimum absolute atomic E-state index is 0.296. The Labute approximate surface area is 181 Å². The van der Waals surface area contributed by atoms with E-state index in [0.29, 0.717) is 47.8 Å². The number of benzene rings is 2. The van der Waals surface area contributed by atoms with Gasteiger partial charge in [0.05, 0.1) is 11.1 Å². The Hall–Kier alpha value is -2.35. The number of hydrogen-bond donors (Lipinski definition) is 0. The first-order valence-electron chi connectivity index (χ1n) is 10.1. The van der Waals surface area contributed by atoms with Crippen LogP contribution in [-0.2, 0) is 10.0 Å². The molecule has 1 aliphatic carbocycles. The van der Waals surface area contributed by atoms with Crippen LogP contribution in [0.1, 0.15) is 24.7 Å². The van der Waals surface area contributed by atoms with Crippen molar-refractivity contribution in [3.8, 4) is 11.3 Å². The molecule has 1 aliphatic heterocycles. The van der Waals surface area contributed by atoms with Crippen molar-refractivity contribution in [1.82, 2.24) is 9.29 Å². The van der Waals surface area contributed by atoms with Crippen molar-refractivity contribution >= 4 is 27.3 Å². The molecule has 1 saturated carbocycles. The van der Waals surface area contributed by atoms with E-state index in [1.54, 1.807) is 34.8 Å². The molecule has 156 valence electrons. The molecule has 1 aromatic heterocycles. The molecule has 2 aliphatic rings. The first-order valence-corrected chi connectivity index (χ1v) is 11.9. The van der Waals surface area contributed by atoms with Crippen molar-refractivity contribution in [2.75, 3.05) is 31.1 Å². The maximum absolute atomic E-state index is 13.1. The van der Waals surface area contributed by atoms with E-state index in [1.807, 2.05) is 24.3 Å². The van der Waals surface area contributed by atoms with E-state index in [-0.39, 0.29) is 0 Å². The van der Waals surface area contributed by atoms with Crippen molar-refractivity contribution in [3.05, 3.63) is 65.6 Å². The van der Waals surface area contributed by atoms with Gasteiger partial charge in [0, 0.05) is 48.4 Å². The highest BCUT2D eigenvalue weighted by Gasteiger charge is 2.30. The van der Waals surface area contributed by atoms with Crippen molar-refractivity contribution < 1.29 is 12.8 Å². The molecule has 2 aromatic carbocycles. The number of nitrogens with zero attached hydrogens (tertiary/aromatic N) is 3. The van der Waals surface area contributed by atoms with Gasteiger partial charge < -0.3 is 9.32 Å². The maximum atomic E-state index is 13.1. The third kappa shape index (κ3) is 3.85. The second-order valence-corrected chi connectivity index (χ2v) is 10.1. The molecular weight excluding hydrogens is 422 g/mol. The summed E-state index contributed by atoms with van der Waals surface area (Å²) in [4.78, 5) is 6.78. The van der Waals surface area contributed by atoms with Crippen LogP contribution in [0.15, 0.2) is 64.0 Å². The lowest BCUT2D eigenvalue weighted by Gasteiger charge is -2.35. The van der Waals surface area contributed by atoms with E-state index in [0.717, 1.165) is 30.0 Å². The minimum atomic E-state index is -3.54. The van der Waals surface area contributed by atoms with Crippen LogP contribution in [0.25, 0.3) is 11.3 Å². The van der Waals surface area contributed by atoms with Crippen molar-refractivity contribution in [2.24, 2.45) is 0 Å². The molecule has 0 amide bonds. The Kier molecular flexibility index (Phi) is 5.05. The first-order chi connectivity index (χ1) is 14.5. The number of anilines is 1. The predicted octanol–water partition coefficient (Wildman–Crippen LogP) is 4.38. The van der Waals surface area contributed by atoms with Gasteiger partial charge in [-0.2, -0.15) is 4.31 Å². The average Bonchev–Trinajstić information content (AvgIpc) is 3.50. The highest BCUT2D eigenvalue weighted by Crippen LogP contribution is 2.40. The van der Waals surface area contributed by atoms with Gasteiger partial charge in [-0.05, 0) is 55.3 Å². The van der Waals surface area contributed by atoms with Gasteiger partial charge in [0.25, 0.3) is 0 Å². The lowest BCUT2D eigenvalue weighted by atomic mass is 10.2. The molecule has 0 spiro atoms. The molecule has 0 unspecified atom stereocenters. The number of rotatable bonds is 5. The van der Waals surface area contributed by atoms with Crippen LogP contribution in [0.3, 0.4) is 0 Å². The fourth-order valence-electron chi connectivity index (χ4n) is 3.74. The molecule has 0 bridgehead atoms. The molecule has 2 fully saturated rings. The molecule has 2 heterocycles. The standard InChI is InChI=1S/C22H22ClN3O3S/c23-18-2-1-3-19(14-18)25-10-12-26(13-11-25)30(27,28)20-8-6-16(7-9-20)21-15-24-22(29-21)17-4-5-17/h1-3,6-9,14-15,17H,4-5,10-13H2. The van der Waals surface area contributed by atoms with Crippen LogP contribution >= 0.6 is 11.6 Å². The predicted molar refractivity (Wildman–Crippen MR) is 116 cm³/mol. The Morgan fingerprint density at radius 3 is 2.40 bits per heavy atom. The molecule has 1 saturated heterocycles. The van der Waals surface area contributed by atoms with Crippen molar-refractivity contribution in [3.63, 3.8) is 0 Å². The Morgan fingerprint density at radius 2 is 1.73 bits per heavy atom. The number of piperazine rings is 1. The van der Waals surface area contributed by atoms with E-state index >= 15 is 0 Å². The quantitative estimate of drug-likeness (QED) is 0.585. The molecule has 5 rings (SSSR count). The zero-order valence-electron chi connectivity index (χ0n) is 16.4. The smallest absolute Gasteiger partial charge is 0.243 e. The molecule has 30 heavy (non-hydrogen) atoms. The highest BCUT2D eigenvalue weighted by atomic mass is 35.5. The Balaban J connectivity index is 1.28. The van der Waals surface area contributed by atoms with E-state index in [2.05, 4.69) is 9.88 Å². The normalized spacial score (nSPS) is 18.0. The van der Waals surface area contributed by atoms with E-state index in [1.165, 1.54) is 0 Å². The topological polar surface area (TPSA) is 66.7 Å². The fraction of sp³-hybridized carbons (Fsp3) is 0.318. The summed E-state index contributed by atoms with van der Waals surface area (Å²) in [6.07, 6.45) is 3.97. The number of halogens is 1. The molecular formula is C22H22ClN3O3S. The van der Waals surface area contributed by atoms with Gasteiger partial charge in [-0.15, -0.1) is 0 Å². The van der Waals surface area contributed by atoms with Crippen LogP contribution in [0.2, 0.25) is 5.02 Å². The van der Waals surface area contributed by atoms with Crippen molar-refractivity contribution in [1.29, 1.82) is 0 Å². The van der Waals surface area contributed by atoms with Crippen LogP contribution in [-0.4, -0.2) is 43.9 Å². The molecule has 0 radical (unpaired) electrons. The monoisotopic (exact) mass is 443 g/mol. The summed E-state index contributed by atoms with van der Waals surface area (Å²) in [5.74, 6) is 1.90. The SMILES string of the molecule is O=S(=O)(c1ccc(-c2cnc(C3CC3)o2)cc1)N1CCN(c2cccc(Cl)c2)CC1. The summed E-state index contributed by atoms with van der Waals surface area (Å²) in [7, 11) is -3.54. The number of aromatic nitrogens is 1. The lowest BCUT2D eigenvalue weighted by molar-refractivity contribution is 0.385. The van der Waals surface area contributed by atoms with Crippen molar-refractivity contribution in [2.45, 2.75) is 23.7 Å². The zero-order valence-corrected chi connectivity index (χ0v) is 17.9. The molecule has 3 aromatic rings. The van der Waals surface area contributed by atoms with Gasteiger partial charge in [0.15, 0.2) is 11.7 Å². The third-order valence-electron chi connectivity index (χ3n) is 5.64. The minimum Gasteiger partial charge on any atom is -0.440 e. The highest BCUT2D eigenvalue weighted by molar-refractivity contribution is 7.89. The number of oxazole rings is 1. The summed E-state index contributed by atoms with van der Waals surface area (Å²) < 4.78 is 33.5. The van der Waals surface area contributed by atoms with Gasteiger partial charge >= 0.3 is 0 Å². The largest absolute Gasteiger partial charge is 0.440 e. The lowest BCUT2D eigenvalue weighted by Crippen LogP contribution is -2.48. The van der Waals surface area contributed by atoms with Gasteiger partial charge in [-0.1, -0.05) is 17.7 Å². The summed E-state index contributed by atoms with van der Waals surface area (Å²) in [6, 6.07) is 14.5. The molecule has 0 atom stereocenters. The third-order valence-corrected chi connectivity index (χ3v) is 7.79. The summed E-state index contributed by atoms with van der Waals surface area (Å²) >= 11 is 6.08. The second kappa shape index (κ2) is 7.72. The summed E-state index contributed by atoms with van der Waals surface area (Å²) in [5, 5.41) is 0.679. The zero-order chi connectivity index (χ0) is 20.7. The number of hydrogen-bond acceptors (Lipinski definition) is 5. The molecule has 8 heteroatoms. The summed E-state index contributed by atoms with van der Waals surface area (Å²) in [6.45, 7) is 2.12. The first kappa shape index (κ1) is 19.6. The molecule has 0 N–H and O–H groups in total. The van der Waals surface area contributed by atoms with E-state index in [9.17, 15) is 8.42 Å². The average molecular weight is 444 g/mol. The van der Waals surface area contributed by atoms with Crippen LogP contribution < -0.4 is 4.90 Å². The molecule has 6 nitrogen and oxygen atoms in total. The Morgan fingerprint density at radius 1 is 1.00 bits per heavy atom. The fourth-order valence-corrected chi connectivity index (χ4v) is 5.35.